The van der Waals surface area contributed by atoms with E-state index in [1.807, 2.05) is 0 Å². The predicted molar refractivity (Wildman–Crippen MR) is 69.2 cm³/mol. The maximum Gasteiger partial charge on any atom is 0.433 e. The number of rotatable bonds is 4. The van der Waals surface area contributed by atoms with Gasteiger partial charge in [-0.15, -0.1) is 0 Å². The zero-order chi connectivity index (χ0) is 13.1. The van der Waals surface area contributed by atoms with Gasteiger partial charge in [0.2, 0.25) is 0 Å². The third-order valence-corrected chi connectivity index (χ3v) is 2.76. The van der Waals surface area contributed by atoms with Crippen LogP contribution in [0, 0.1) is 10.1 Å². The normalized spacial score (nSPS) is 10.3. The van der Waals surface area contributed by atoms with Crippen molar-refractivity contribution in [2.75, 3.05) is 5.32 Å². The lowest BCUT2D eigenvalue weighted by molar-refractivity contribution is -0.402. The minimum atomic E-state index is -0.585. The Bertz CT molecular complexity index is 583. The molecule has 0 fully saturated rings. The molecule has 0 saturated carbocycles. The smallest absolute Gasteiger partial charge is 0.404 e. The second-order valence-corrected chi connectivity index (χ2v) is 4.32. The summed E-state index contributed by atoms with van der Waals surface area (Å²) in [5.74, 6) is 0.168. The number of benzene rings is 1. The summed E-state index contributed by atoms with van der Waals surface area (Å²) >= 11 is 11.7. The Hall–Kier alpha value is -1.72. The van der Waals surface area contributed by atoms with Gasteiger partial charge in [-0.1, -0.05) is 23.2 Å². The zero-order valence-corrected chi connectivity index (χ0v) is 10.5. The van der Waals surface area contributed by atoms with Crippen molar-refractivity contribution in [2.45, 2.75) is 6.54 Å². The fraction of sp³-hybridized carbons (Fsp3) is 0.0909. The monoisotopic (exact) mass is 286 g/mol. The Morgan fingerprint density at radius 2 is 2.06 bits per heavy atom. The summed E-state index contributed by atoms with van der Waals surface area (Å²) in [5, 5.41) is 14.5. The highest BCUT2D eigenvalue weighted by atomic mass is 35.5. The van der Waals surface area contributed by atoms with Crippen LogP contribution in [0.5, 0.6) is 0 Å². The van der Waals surface area contributed by atoms with Crippen molar-refractivity contribution in [1.29, 1.82) is 0 Å². The standard InChI is InChI=1S/C11H8Cl2N2O3/c12-7-1-3-10(9(13)5-7)14-6-8-2-4-11(18-8)15(16)17/h1-5,14H,6H2. The van der Waals surface area contributed by atoms with E-state index < -0.39 is 4.92 Å². The number of nitrogens with zero attached hydrogens (tertiary/aromatic N) is 1. The quantitative estimate of drug-likeness (QED) is 0.678. The van der Waals surface area contributed by atoms with Gasteiger partial charge in [0.25, 0.3) is 0 Å². The molecule has 0 aliphatic carbocycles. The summed E-state index contributed by atoms with van der Waals surface area (Å²) < 4.78 is 5.00. The molecular formula is C11H8Cl2N2O3. The minimum absolute atomic E-state index is 0.283. The van der Waals surface area contributed by atoms with E-state index in [1.54, 1.807) is 18.2 Å². The highest BCUT2D eigenvalue weighted by molar-refractivity contribution is 6.36. The van der Waals surface area contributed by atoms with E-state index in [-0.39, 0.29) is 5.88 Å². The van der Waals surface area contributed by atoms with Crippen molar-refractivity contribution in [3.63, 3.8) is 0 Å². The predicted octanol–water partition coefficient (Wildman–Crippen LogP) is 4.11. The molecule has 5 nitrogen and oxygen atoms in total. The largest absolute Gasteiger partial charge is 0.433 e. The van der Waals surface area contributed by atoms with Crippen molar-refractivity contribution < 1.29 is 9.34 Å². The topological polar surface area (TPSA) is 68.3 Å². The van der Waals surface area contributed by atoms with E-state index in [0.717, 1.165) is 0 Å². The molecule has 0 amide bonds. The third kappa shape index (κ3) is 2.94. The SMILES string of the molecule is O=[N+]([O-])c1ccc(CNc2ccc(Cl)cc2Cl)o1. The van der Waals surface area contributed by atoms with Crippen LogP contribution in [0.1, 0.15) is 5.76 Å². The average molecular weight is 287 g/mol. The number of halogens is 2. The maximum absolute atomic E-state index is 10.4. The first kappa shape index (κ1) is 12.7. The lowest BCUT2D eigenvalue weighted by Gasteiger charge is -2.06. The van der Waals surface area contributed by atoms with Crippen molar-refractivity contribution in [3.05, 3.63) is 56.3 Å². The third-order valence-electron chi connectivity index (χ3n) is 2.21. The summed E-state index contributed by atoms with van der Waals surface area (Å²) in [6.07, 6.45) is 0. The molecule has 2 aromatic rings. The van der Waals surface area contributed by atoms with Crippen molar-refractivity contribution in [2.24, 2.45) is 0 Å². The molecule has 0 unspecified atom stereocenters. The second-order valence-electron chi connectivity index (χ2n) is 3.47. The van der Waals surface area contributed by atoms with Crippen molar-refractivity contribution >= 4 is 34.8 Å². The molecule has 0 spiro atoms. The molecule has 0 radical (unpaired) electrons. The van der Waals surface area contributed by atoms with Gasteiger partial charge in [-0.3, -0.25) is 10.1 Å². The van der Waals surface area contributed by atoms with Gasteiger partial charge < -0.3 is 9.73 Å². The fourth-order valence-corrected chi connectivity index (χ4v) is 1.85. The zero-order valence-electron chi connectivity index (χ0n) is 9.02. The van der Waals surface area contributed by atoms with E-state index in [0.29, 0.717) is 28.0 Å². The van der Waals surface area contributed by atoms with Crippen LogP contribution in [0.4, 0.5) is 11.6 Å². The molecular weight excluding hydrogens is 279 g/mol. The second kappa shape index (κ2) is 5.29. The lowest BCUT2D eigenvalue weighted by atomic mass is 10.3. The van der Waals surface area contributed by atoms with Crippen LogP contribution in [-0.2, 0) is 6.54 Å². The van der Waals surface area contributed by atoms with Crippen molar-refractivity contribution in [1.82, 2.24) is 0 Å². The molecule has 1 N–H and O–H groups in total. The van der Waals surface area contributed by atoms with Crippen LogP contribution in [-0.4, -0.2) is 4.92 Å². The number of nitrogens with one attached hydrogen (secondary N) is 1. The van der Waals surface area contributed by atoms with Gasteiger partial charge in [-0.05, 0) is 24.3 Å². The van der Waals surface area contributed by atoms with Gasteiger partial charge in [0.1, 0.15) is 10.7 Å². The van der Waals surface area contributed by atoms with E-state index in [4.69, 9.17) is 27.6 Å². The van der Waals surface area contributed by atoms with Gasteiger partial charge in [0, 0.05) is 5.02 Å². The fourth-order valence-electron chi connectivity index (χ4n) is 1.37. The van der Waals surface area contributed by atoms with Gasteiger partial charge in [-0.2, -0.15) is 0 Å². The summed E-state index contributed by atoms with van der Waals surface area (Å²) in [6, 6.07) is 7.87. The van der Waals surface area contributed by atoms with E-state index >= 15 is 0 Å². The molecule has 1 heterocycles. The van der Waals surface area contributed by atoms with Crippen LogP contribution in [0.3, 0.4) is 0 Å². The lowest BCUT2D eigenvalue weighted by Crippen LogP contribution is -1.98. The van der Waals surface area contributed by atoms with Crippen molar-refractivity contribution in [3.8, 4) is 0 Å². The van der Waals surface area contributed by atoms with Crippen LogP contribution in [0.2, 0.25) is 10.0 Å². The molecule has 1 aromatic heterocycles. The Morgan fingerprint density at radius 1 is 1.28 bits per heavy atom. The van der Waals surface area contributed by atoms with Crippen LogP contribution in [0.25, 0.3) is 0 Å². The molecule has 0 atom stereocenters. The Labute approximate surface area is 112 Å². The summed E-state index contributed by atoms with van der Waals surface area (Å²) in [7, 11) is 0. The first-order valence-electron chi connectivity index (χ1n) is 4.98. The molecule has 0 aliphatic heterocycles. The summed E-state index contributed by atoms with van der Waals surface area (Å²) in [5.41, 5.74) is 0.681. The molecule has 0 aliphatic rings. The highest BCUT2D eigenvalue weighted by Crippen LogP contribution is 2.26. The summed E-state index contributed by atoms with van der Waals surface area (Å²) in [6.45, 7) is 0.301. The minimum Gasteiger partial charge on any atom is -0.404 e. The number of anilines is 1. The van der Waals surface area contributed by atoms with E-state index in [2.05, 4.69) is 5.32 Å². The first-order valence-corrected chi connectivity index (χ1v) is 5.74. The van der Waals surface area contributed by atoms with Gasteiger partial charge >= 0.3 is 5.88 Å². The number of nitro groups is 1. The van der Waals surface area contributed by atoms with Crippen LogP contribution in [0.15, 0.2) is 34.7 Å². The molecule has 18 heavy (non-hydrogen) atoms. The van der Waals surface area contributed by atoms with Gasteiger partial charge in [0.15, 0.2) is 0 Å². The summed E-state index contributed by atoms with van der Waals surface area (Å²) in [4.78, 5) is 9.85. The van der Waals surface area contributed by atoms with Gasteiger partial charge in [-0.25, -0.2) is 0 Å². The first-order chi connectivity index (χ1) is 8.56. The number of hydrogen-bond acceptors (Lipinski definition) is 4. The maximum atomic E-state index is 10.4. The van der Waals surface area contributed by atoms with Crippen LogP contribution >= 0.6 is 23.2 Å². The molecule has 2 rings (SSSR count). The highest BCUT2D eigenvalue weighted by Gasteiger charge is 2.11. The van der Waals surface area contributed by atoms with Crippen LogP contribution < -0.4 is 5.32 Å². The van der Waals surface area contributed by atoms with E-state index in [1.165, 1.54) is 12.1 Å². The average Bonchev–Trinajstić information content (AvgIpc) is 2.76. The molecule has 0 bridgehead atoms. The Kier molecular flexibility index (Phi) is 3.74. The number of furan rings is 1. The molecule has 0 saturated heterocycles. The molecule has 94 valence electrons. The van der Waals surface area contributed by atoms with E-state index in [9.17, 15) is 10.1 Å². The van der Waals surface area contributed by atoms with Gasteiger partial charge in [0.05, 0.1) is 23.3 Å². The Balaban J connectivity index is 2.04. The molecule has 7 heteroatoms. The molecule has 1 aromatic carbocycles. The Morgan fingerprint density at radius 3 is 2.67 bits per heavy atom. The number of hydrogen-bond donors (Lipinski definition) is 1.